The van der Waals surface area contributed by atoms with Gasteiger partial charge in [-0.2, -0.15) is 0 Å². The Kier molecular flexibility index (Phi) is 5.48. The summed E-state index contributed by atoms with van der Waals surface area (Å²) in [5, 5.41) is 0. The molecule has 2 aromatic carbocycles. The van der Waals surface area contributed by atoms with Crippen LogP contribution in [0.15, 0.2) is 47.4 Å². The summed E-state index contributed by atoms with van der Waals surface area (Å²) < 4.78 is 51.2. The number of hydrogen-bond acceptors (Lipinski definition) is 5. The highest BCUT2D eigenvalue weighted by atomic mass is 32.2. The van der Waals surface area contributed by atoms with Crippen molar-refractivity contribution in [3.8, 4) is 5.75 Å². The molecule has 27 heavy (non-hydrogen) atoms. The van der Waals surface area contributed by atoms with E-state index in [2.05, 4.69) is 4.72 Å². The zero-order valence-corrected chi connectivity index (χ0v) is 15.8. The predicted octanol–water partition coefficient (Wildman–Crippen LogP) is 3.19. The van der Waals surface area contributed by atoms with Crippen molar-refractivity contribution in [1.82, 2.24) is 4.72 Å². The van der Waals surface area contributed by atoms with Crippen LogP contribution in [0.3, 0.4) is 0 Å². The average molecular weight is 393 g/mol. The maximum Gasteiger partial charge on any atom is 0.338 e. The van der Waals surface area contributed by atoms with Gasteiger partial charge in [-0.25, -0.2) is 22.3 Å². The minimum absolute atomic E-state index is 0.0752. The second-order valence-electron chi connectivity index (χ2n) is 6.36. The van der Waals surface area contributed by atoms with Crippen molar-refractivity contribution < 1.29 is 27.1 Å². The van der Waals surface area contributed by atoms with Gasteiger partial charge in [0.1, 0.15) is 22.6 Å². The molecule has 144 valence electrons. The van der Waals surface area contributed by atoms with E-state index in [1.54, 1.807) is 6.92 Å². The van der Waals surface area contributed by atoms with Gasteiger partial charge in [-0.1, -0.05) is 12.1 Å². The molecule has 0 saturated heterocycles. The summed E-state index contributed by atoms with van der Waals surface area (Å²) in [5.74, 6) is -0.922. The van der Waals surface area contributed by atoms with Crippen LogP contribution in [0, 0.1) is 5.82 Å². The lowest BCUT2D eigenvalue weighted by Crippen LogP contribution is -2.26. The van der Waals surface area contributed by atoms with Gasteiger partial charge in [0.05, 0.1) is 12.7 Å². The van der Waals surface area contributed by atoms with E-state index in [1.807, 2.05) is 0 Å². The average Bonchev–Trinajstić information content (AvgIpc) is 3.44. The number of carbonyl (C=O) groups excluding carboxylic acids is 1. The van der Waals surface area contributed by atoms with E-state index in [9.17, 15) is 17.6 Å². The molecule has 0 aliphatic heterocycles. The molecular formula is C19H20FNO5S. The van der Waals surface area contributed by atoms with E-state index in [-0.39, 0.29) is 28.1 Å². The highest BCUT2D eigenvalue weighted by Gasteiger charge is 2.30. The molecule has 0 heterocycles. The molecule has 1 aliphatic carbocycles. The number of carbonyl (C=O) groups is 1. The van der Waals surface area contributed by atoms with E-state index in [1.165, 1.54) is 49.6 Å². The van der Waals surface area contributed by atoms with Crippen molar-refractivity contribution in [2.45, 2.75) is 36.8 Å². The first-order chi connectivity index (χ1) is 12.8. The van der Waals surface area contributed by atoms with Crippen LogP contribution in [-0.4, -0.2) is 27.5 Å². The Labute approximate surface area is 157 Å². The molecule has 0 unspecified atom stereocenters. The van der Waals surface area contributed by atoms with Crippen LogP contribution in [-0.2, 0) is 14.8 Å². The number of benzene rings is 2. The Morgan fingerprint density at radius 1 is 1.19 bits per heavy atom. The van der Waals surface area contributed by atoms with Gasteiger partial charge >= 0.3 is 5.97 Å². The van der Waals surface area contributed by atoms with Gasteiger partial charge in [-0.05, 0) is 55.7 Å². The van der Waals surface area contributed by atoms with Crippen LogP contribution in [0.4, 0.5) is 4.39 Å². The molecule has 8 heteroatoms. The number of ether oxygens (including phenoxy) is 2. The maximum atomic E-state index is 13.0. The third kappa shape index (κ3) is 4.64. The minimum atomic E-state index is -3.81. The molecule has 1 N–H and O–H groups in total. The maximum absolute atomic E-state index is 13.0. The summed E-state index contributed by atoms with van der Waals surface area (Å²) in [5.41, 5.74) is 0.711. The monoisotopic (exact) mass is 393 g/mol. The number of methoxy groups -OCH3 is 1. The van der Waals surface area contributed by atoms with E-state index in [0.29, 0.717) is 5.56 Å². The summed E-state index contributed by atoms with van der Waals surface area (Å²) in [6, 6.07) is 9.63. The SMILES string of the molecule is COc1ccc(C(=O)O[C@H](C)c2ccc(F)cc2)cc1S(=O)(=O)NC1CC1. The lowest BCUT2D eigenvalue weighted by Gasteiger charge is -2.15. The lowest BCUT2D eigenvalue weighted by molar-refractivity contribution is 0.0337. The highest BCUT2D eigenvalue weighted by Crippen LogP contribution is 2.29. The second kappa shape index (κ2) is 7.66. The van der Waals surface area contributed by atoms with Gasteiger partial charge in [0.25, 0.3) is 0 Å². The third-order valence-electron chi connectivity index (χ3n) is 4.21. The second-order valence-corrected chi connectivity index (χ2v) is 8.04. The normalized spacial score (nSPS) is 15.2. The molecule has 1 saturated carbocycles. The van der Waals surface area contributed by atoms with Crippen LogP contribution < -0.4 is 9.46 Å². The lowest BCUT2D eigenvalue weighted by atomic mass is 10.1. The van der Waals surface area contributed by atoms with Crippen LogP contribution in [0.5, 0.6) is 5.75 Å². The van der Waals surface area contributed by atoms with Gasteiger partial charge in [-0.3, -0.25) is 0 Å². The summed E-state index contributed by atoms with van der Waals surface area (Å²) in [6.07, 6.45) is 0.960. The first-order valence-electron chi connectivity index (χ1n) is 8.47. The van der Waals surface area contributed by atoms with Crippen LogP contribution >= 0.6 is 0 Å². The molecule has 0 bridgehead atoms. The fourth-order valence-electron chi connectivity index (χ4n) is 2.53. The zero-order valence-electron chi connectivity index (χ0n) is 14.9. The van der Waals surface area contributed by atoms with Gasteiger partial charge in [-0.15, -0.1) is 0 Å². The molecule has 3 rings (SSSR count). The van der Waals surface area contributed by atoms with E-state index in [0.717, 1.165) is 12.8 Å². The number of rotatable bonds is 7. The summed E-state index contributed by atoms with van der Waals surface area (Å²) in [4.78, 5) is 12.3. The fourth-order valence-corrected chi connectivity index (χ4v) is 4.03. The number of esters is 1. The number of sulfonamides is 1. The van der Waals surface area contributed by atoms with Gasteiger partial charge in [0.2, 0.25) is 10.0 Å². The van der Waals surface area contributed by atoms with Gasteiger partial charge in [0.15, 0.2) is 0 Å². The molecular weight excluding hydrogens is 373 g/mol. The highest BCUT2D eigenvalue weighted by molar-refractivity contribution is 7.89. The van der Waals surface area contributed by atoms with Crippen molar-refractivity contribution in [3.05, 3.63) is 59.4 Å². The smallest absolute Gasteiger partial charge is 0.338 e. The van der Waals surface area contributed by atoms with Crippen LogP contribution in [0.2, 0.25) is 0 Å². The number of nitrogens with one attached hydrogen (secondary N) is 1. The van der Waals surface area contributed by atoms with Crippen LogP contribution in [0.1, 0.15) is 41.8 Å². The Morgan fingerprint density at radius 2 is 1.85 bits per heavy atom. The Balaban J connectivity index is 1.82. The first kappa shape index (κ1) is 19.3. The standard InChI is InChI=1S/C19H20FNO5S/c1-12(13-3-6-15(20)7-4-13)26-19(22)14-5-10-17(25-2)18(11-14)27(23,24)21-16-8-9-16/h3-7,10-12,16,21H,8-9H2,1-2H3/t12-/m1/s1. The van der Waals surface area contributed by atoms with Crippen molar-refractivity contribution in [1.29, 1.82) is 0 Å². The van der Waals surface area contributed by atoms with Crippen molar-refractivity contribution in [2.75, 3.05) is 7.11 Å². The van der Waals surface area contributed by atoms with Crippen LogP contribution in [0.25, 0.3) is 0 Å². The number of halogens is 1. The molecule has 0 radical (unpaired) electrons. The van der Waals surface area contributed by atoms with E-state index >= 15 is 0 Å². The summed E-state index contributed by atoms with van der Waals surface area (Å²) >= 11 is 0. The Hall–Kier alpha value is -2.45. The molecule has 0 amide bonds. The van der Waals surface area contributed by atoms with Crippen molar-refractivity contribution in [3.63, 3.8) is 0 Å². The molecule has 1 aliphatic rings. The Bertz CT molecular complexity index is 939. The third-order valence-corrected chi connectivity index (χ3v) is 5.75. The van der Waals surface area contributed by atoms with E-state index < -0.39 is 22.1 Å². The van der Waals surface area contributed by atoms with E-state index in [4.69, 9.17) is 9.47 Å². The summed E-state index contributed by atoms with van der Waals surface area (Å²) in [7, 11) is -2.44. The fraction of sp³-hybridized carbons (Fsp3) is 0.316. The Morgan fingerprint density at radius 3 is 2.44 bits per heavy atom. The molecule has 1 fully saturated rings. The first-order valence-corrected chi connectivity index (χ1v) is 9.95. The quantitative estimate of drug-likeness (QED) is 0.731. The molecule has 0 spiro atoms. The molecule has 6 nitrogen and oxygen atoms in total. The summed E-state index contributed by atoms with van der Waals surface area (Å²) in [6.45, 7) is 1.65. The topological polar surface area (TPSA) is 81.7 Å². The molecule has 2 aromatic rings. The minimum Gasteiger partial charge on any atom is -0.495 e. The predicted molar refractivity (Wildman–Crippen MR) is 96.6 cm³/mol. The largest absolute Gasteiger partial charge is 0.495 e. The molecule has 0 aromatic heterocycles. The number of hydrogen-bond donors (Lipinski definition) is 1. The van der Waals surface area contributed by atoms with Gasteiger partial charge in [0, 0.05) is 6.04 Å². The zero-order chi connectivity index (χ0) is 19.6. The van der Waals surface area contributed by atoms with Gasteiger partial charge < -0.3 is 9.47 Å². The molecule has 1 atom stereocenters. The van der Waals surface area contributed by atoms with Crippen molar-refractivity contribution >= 4 is 16.0 Å². The van der Waals surface area contributed by atoms with Crippen molar-refractivity contribution in [2.24, 2.45) is 0 Å².